The van der Waals surface area contributed by atoms with E-state index >= 15 is 0 Å². The first kappa shape index (κ1) is 11.0. The Hall–Kier alpha value is -0.0800. The minimum atomic E-state index is 0.312. The fraction of sp³-hybridized carbons (Fsp3) is 1.00. The molecule has 0 radical (unpaired) electrons. The predicted molar refractivity (Wildman–Crippen MR) is 57.7 cm³/mol. The van der Waals surface area contributed by atoms with Gasteiger partial charge in [-0.05, 0) is 32.4 Å². The number of rotatable bonds is 3. The van der Waals surface area contributed by atoms with Gasteiger partial charge in [0.1, 0.15) is 0 Å². The Morgan fingerprint density at radius 2 is 2.23 bits per heavy atom. The summed E-state index contributed by atoms with van der Waals surface area (Å²) in [6.07, 6.45) is 5.31. The SMILES string of the molecule is CCN(C)C1(CN)CCCC(C)C1. The molecule has 0 aromatic rings. The molecule has 0 bridgehead atoms. The van der Waals surface area contributed by atoms with Crippen molar-refractivity contribution < 1.29 is 0 Å². The summed E-state index contributed by atoms with van der Waals surface area (Å²) in [4.78, 5) is 2.45. The van der Waals surface area contributed by atoms with E-state index in [-0.39, 0.29) is 0 Å². The molecule has 0 aromatic heterocycles. The normalized spacial score (nSPS) is 35.3. The quantitative estimate of drug-likeness (QED) is 0.725. The second-order valence-corrected chi connectivity index (χ2v) is 4.64. The molecule has 2 N–H and O–H groups in total. The Labute approximate surface area is 82.5 Å². The van der Waals surface area contributed by atoms with Crippen LogP contribution < -0.4 is 5.73 Å². The lowest BCUT2D eigenvalue weighted by molar-refractivity contribution is 0.0663. The monoisotopic (exact) mass is 184 g/mol. The van der Waals surface area contributed by atoms with Crippen molar-refractivity contribution in [1.82, 2.24) is 4.90 Å². The van der Waals surface area contributed by atoms with E-state index in [2.05, 4.69) is 25.8 Å². The maximum Gasteiger partial charge on any atom is 0.0331 e. The van der Waals surface area contributed by atoms with Gasteiger partial charge in [-0.15, -0.1) is 0 Å². The first-order chi connectivity index (χ1) is 6.14. The van der Waals surface area contributed by atoms with Gasteiger partial charge in [-0.2, -0.15) is 0 Å². The largest absolute Gasteiger partial charge is 0.329 e. The molecule has 78 valence electrons. The van der Waals surface area contributed by atoms with Crippen LogP contribution in [0.4, 0.5) is 0 Å². The van der Waals surface area contributed by atoms with Gasteiger partial charge in [-0.25, -0.2) is 0 Å². The van der Waals surface area contributed by atoms with Crippen LogP contribution in [0.25, 0.3) is 0 Å². The van der Waals surface area contributed by atoms with Gasteiger partial charge in [0.2, 0.25) is 0 Å². The first-order valence-corrected chi connectivity index (χ1v) is 5.56. The molecule has 0 aromatic carbocycles. The van der Waals surface area contributed by atoms with Gasteiger partial charge in [0.05, 0.1) is 0 Å². The predicted octanol–water partition coefficient (Wildman–Crippen LogP) is 1.85. The number of hydrogen-bond acceptors (Lipinski definition) is 2. The molecule has 1 rings (SSSR count). The van der Waals surface area contributed by atoms with Crippen molar-refractivity contribution in [2.24, 2.45) is 11.7 Å². The molecule has 2 heteroatoms. The Balaban J connectivity index is 2.67. The molecule has 0 saturated heterocycles. The smallest absolute Gasteiger partial charge is 0.0331 e. The molecule has 1 aliphatic rings. The van der Waals surface area contributed by atoms with Crippen LogP contribution in [-0.4, -0.2) is 30.6 Å². The van der Waals surface area contributed by atoms with Crippen LogP contribution in [0.2, 0.25) is 0 Å². The molecular formula is C11H24N2. The number of hydrogen-bond donors (Lipinski definition) is 1. The van der Waals surface area contributed by atoms with Crippen molar-refractivity contribution in [3.8, 4) is 0 Å². The maximum absolute atomic E-state index is 5.94. The molecule has 2 nitrogen and oxygen atoms in total. The second-order valence-electron chi connectivity index (χ2n) is 4.64. The zero-order chi connectivity index (χ0) is 9.90. The summed E-state index contributed by atoms with van der Waals surface area (Å²) in [5.41, 5.74) is 6.25. The lowest BCUT2D eigenvalue weighted by Crippen LogP contribution is -2.54. The second kappa shape index (κ2) is 4.43. The van der Waals surface area contributed by atoms with Gasteiger partial charge in [0, 0.05) is 12.1 Å². The van der Waals surface area contributed by atoms with E-state index in [9.17, 15) is 0 Å². The van der Waals surface area contributed by atoms with Gasteiger partial charge >= 0.3 is 0 Å². The standard InChI is InChI=1S/C11H24N2/c1-4-13(3)11(9-12)7-5-6-10(2)8-11/h10H,4-9,12H2,1-3H3. The highest BCUT2D eigenvalue weighted by Gasteiger charge is 2.36. The topological polar surface area (TPSA) is 29.3 Å². The molecule has 2 atom stereocenters. The van der Waals surface area contributed by atoms with E-state index in [0.717, 1.165) is 19.0 Å². The Kier molecular flexibility index (Phi) is 3.74. The Morgan fingerprint density at radius 1 is 1.54 bits per heavy atom. The lowest BCUT2D eigenvalue weighted by Gasteiger charge is -2.45. The summed E-state index contributed by atoms with van der Waals surface area (Å²) in [6.45, 7) is 6.51. The van der Waals surface area contributed by atoms with Crippen LogP contribution >= 0.6 is 0 Å². The van der Waals surface area contributed by atoms with Crippen molar-refractivity contribution in [3.63, 3.8) is 0 Å². The first-order valence-electron chi connectivity index (χ1n) is 5.56. The number of nitrogens with two attached hydrogens (primary N) is 1. The van der Waals surface area contributed by atoms with Gasteiger partial charge < -0.3 is 5.73 Å². The van der Waals surface area contributed by atoms with E-state index in [4.69, 9.17) is 5.73 Å². The van der Waals surface area contributed by atoms with Gasteiger partial charge in [0.15, 0.2) is 0 Å². The molecule has 1 saturated carbocycles. The van der Waals surface area contributed by atoms with Crippen molar-refractivity contribution in [2.45, 2.75) is 45.1 Å². The van der Waals surface area contributed by atoms with Crippen LogP contribution in [0.1, 0.15) is 39.5 Å². The highest BCUT2D eigenvalue weighted by Crippen LogP contribution is 2.35. The molecule has 1 fully saturated rings. The van der Waals surface area contributed by atoms with Crippen molar-refractivity contribution >= 4 is 0 Å². The minimum absolute atomic E-state index is 0.312. The Bertz CT molecular complexity index is 158. The average Bonchev–Trinajstić information content (AvgIpc) is 2.16. The summed E-state index contributed by atoms with van der Waals surface area (Å²) in [6, 6.07) is 0. The average molecular weight is 184 g/mol. The van der Waals surface area contributed by atoms with Crippen LogP contribution in [-0.2, 0) is 0 Å². The van der Waals surface area contributed by atoms with Crippen LogP contribution in [0, 0.1) is 5.92 Å². The summed E-state index contributed by atoms with van der Waals surface area (Å²) in [5.74, 6) is 0.853. The van der Waals surface area contributed by atoms with Gasteiger partial charge in [-0.3, -0.25) is 4.90 Å². The number of likely N-dealkylation sites (N-methyl/N-ethyl adjacent to an activating group) is 1. The summed E-state index contributed by atoms with van der Waals surface area (Å²) in [7, 11) is 2.21. The zero-order valence-corrected chi connectivity index (χ0v) is 9.34. The molecule has 13 heavy (non-hydrogen) atoms. The van der Waals surface area contributed by atoms with E-state index < -0.39 is 0 Å². The van der Waals surface area contributed by atoms with Gasteiger partial charge in [0.25, 0.3) is 0 Å². The highest BCUT2D eigenvalue weighted by molar-refractivity contribution is 4.94. The molecule has 2 unspecified atom stereocenters. The van der Waals surface area contributed by atoms with Crippen molar-refractivity contribution in [3.05, 3.63) is 0 Å². The van der Waals surface area contributed by atoms with E-state index in [1.165, 1.54) is 25.7 Å². The highest BCUT2D eigenvalue weighted by atomic mass is 15.2. The molecule has 0 heterocycles. The van der Waals surface area contributed by atoms with E-state index in [1.54, 1.807) is 0 Å². The van der Waals surface area contributed by atoms with Crippen LogP contribution in [0.5, 0.6) is 0 Å². The van der Waals surface area contributed by atoms with E-state index in [0.29, 0.717) is 5.54 Å². The maximum atomic E-state index is 5.94. The summed E-state index contributed by atoms with van der Waals surface area (Å²) in [5, 5.41) is 0. The molecule has 1 aliphatic carbocycles. The molecule has 0 amide bonds. The van der Waals surface area contributed by atoms with Gasteiger partial charge in [-0.1, -0.05) is 26.7 Å². The third-order valence-electron chi connectivity index (χ3n) is 3.73. The minimum Gasteiger partial charge on any atom is -0.329 e. The lowest BCUT2D eigenvalue weighted by atomic mass is 9.75. The summed E-state index contributed by atoms with van der Waals surface area (Å²) >= 11 is 0. The molecular weight excluding hydrogens is 160 g/mol. The molecule has 0 aliphatic heterocycles. The third-order valence-corrected chi connectivity index (χ3v) is 3.73. The fourth-order valence-electron chi connectivity index (χ4n) is 2.66. The zero-order valence-electron chi connectivity index (χ0n) is 9.34. The van der Waals surface area contributed by atoms with Crippen LogP contribution in [0.3, 0.4) is 0 Å². The fourth-order valence-corrected chi connectivity index (χ4v) is 2.66. The van der Waals surface area contributed by atoms with Crippen LogP contribution in [0.15, 0.2) is 0 Å². The molecule has 0 spiro atoms. The Morgan fingerprint density at radius 3 is 2.69 bits per heavy atom. The van der Waals surface area contributed by atoms with Crippen molar-refractivity contribution in [2.75, 3.05) is 20.1 Å². The summed E-state index contributed by atoms with van der Waals surface area (Å²) < 4.78 is 0. The van der Waals surface area contributed by atoms with Crippen molar-refractivity contribution in [1.29, 1.82) is 0 Å². The van der Waals surface area contributed by atoms with E-state index in [1.807, 2.05) is 0 Å². The number of nitrogens with zero attached hydrogens (tertiary/aromatic N) is 1. The third kappa shape index (κ3) is 2.23.